The van der Waals surface area contributed by atoms with Crippen LogP contribution in [0, 0.1) is 6.92 Å². The van der Waals surface area contributed by atoms with Gasteiger partial charge in [0.1, 0.15) is 5.75 Å². The summed E-state index contributed by atoms with van der Waals surface area (Å²) in [7, 11) is 1.78. The molecule has 4 rings (SSSR count). The van der Waals surface area contributed by atoms with Crippen molar-refractivity contribution in [2.75, 3.05) is 7.11 Å². The van der Waals surface area contributed by atoms with E-state index in [1.165, 1.54) is 29.4 Å². The van der Waals surface area contributed by atoms with E-state index in [1.54, 1.807) is 7.11 Å². The van der Waals surface area contributed by atoms with Crippen molar-refractivity contribution in [1.82, 2.24) is 0 Å². The van der Waals surface area contributed by atoms with Gasteiger partial charge in [-0.2, -0.15) is 0 Å². The second-order valence-corrected chi connectivity index (χ2v) is 7.35. The van der Waals surface area contributed by atoms with Crippen molar-refractivity contribution < 1.29 is 9.30 Å². The Labute approximate surface area is 150 Å². The fraction of sp³-hybridized carbons (Fsp3) is 0.273. The predicted octanol–water partition coefficient (Wildman–Crippen LogP) is 5.62. The Morgan fingerprint density at radius 3 is 2.60 bits per heavy atom. The highest BCUT2D eigenvalue weighted by Crippen LogP contribution is 2.42. The van der Waals surface area contributed by atoms with E-state index in [9.17, 15) is 4.57 Å². The fourth-order valence-corrected chi connectivity index (χ4v) is 4.63. The minimum Gasteiger partial charge on any atom is -0.496 e. The molecule has 0 fully saturated rings. The van der Waals surface area contributed by atoms with Gasteiger partial charge >= 0.3 is 0 Å². The summed E-state index contributed by atoms with van der Waals surface area (Å²) in [6.07, 6.45) is 4.60. The van der Waals surface area contributed by atoms with Crippen molar-refractivity contribution >= 4 is 24.5 Å². The van der Waals surface area contributed by atoms with Crippen LogP contribution in [0.5, 0.6) is 5.75 Å². The highest BCUT2D eigenvalue weighted by Gasteiger charge is 2.23. The monoisotopic (exact) mass is 348 g/mol. The van der Waals surface area contributed by atoms with E-state index in [-0.39, 0.29) is 8.46 Å². The lowest BCUT2D eigenvalue weighted by Gasteiger charge is -2.24. The highest BCUT2D eigenvalue weighted by atomic mass is 31.1. The molecule has 0 spiro atoms. The minimum absolute atomic E-state index is 0.0590. The molecule has 1 aliphatic rings. The molecule has 0 atom stereocenters. The molecule has 0 saturated heterocycles. The van der Waals surface area contributed by atoms with Crippen LogP contribution in [0.15, 0.2) is 42.5 Å². The van der Waals surface area contributed by atoms with Gasteiger partial charge in [0.25, 0.3) is 0 Å². The first-order valence-corrected chi connectivity index (χ1v) is 9.60. The standard InChI is InChI=1S/C22H21O2P/c1-14-13-16-8-4-6-10-18(16)21(22(14)25-23)20-17-9-5-3-7-15(17)11-12-19(20)24-2/h4,6,8,10-13H,3,5,7,9H2,1-2H3. The summed E-state index contributed by atoms with van der Waals surface area (Å²) in [5, 5.41) is 3.19. The van der Waals surface area contributed by atoms with E-state index in [0.717, 1.165) is 46.0 Å². The molecular formula is C22H21O2P. The first kappa shape index (κ1) is 16.3. The highest BCUT2D eigenvalue weighted by molar-refractivity contribution is 7.34. The van der Waals surface area contributed by atoms with Crippen LogP contribution in [0.25, 0.3) is 21.9 Å². The van der Waals surface area contributed by atoms with Gasteiger partial charge < -0.3 is 4.74 Å². The van der Waals surface area contributed by atoms with Crippen molar-refractivity contribution in [2.45, 2.75) is 32.6 Å². The Morgan fingerprint density at radius 1 is 1.00 bits per heavy atom. The third kappa shape index (κ3) is 2.65. The Morgan fingerprint density at radius 2 is 1.80 bits per heavy atom. The van der Waals surface area contributed by atoms with Crippen LogP contribution in [0.4, 0.5) is 0 Å². The topological polar surface area (TPSA) is 26.3 Å². The summed E-state index contributed by atoms with van der Waals surface area (Å²) < 4.78 is 17.8. The molecule has 25 heavy (non-hydrogen) atoms. The number of benzene rings is 3. The van der Waals surface area contributed by atoms with Crippen molar-refractivity contribution in [1.29, 1.82) is 0 Å². The van der Waals surface area contributed by atoms with Crippen LogP contribution in [0.1, 0.15) is 29.5 Å². The first-order valence-electron chi connectivity index (χ1n) is 8.79. The lowest BCUT2D eigenvalue weighted by atomic mass is 9.83. The van der Waals surface area contributed by atoms with E-state index in [1.807, 2.05) is 6.92 Å². The van der Waals surface area contributed by atoms with E-state index in [0.29, 0.717) is 0 Å². The summed E-state index contributed by atoms with van der Waals surface area (Å²) in [5.41, 5.74) is 6.04. The van der Waals surface area contributed by atoms with Crippen LogP contribution in [-0.2, 0) is 17.4 Å². The maximum atomic E-state index is 12.1. The van der Waals surface area contributed by atoms with Gasteiger partial charge in [0.05, 0.1) is 12.4 Å². The smallest absolute Gasteiger partial charge is 0.193 e. The molecule has 0 bridgehead atoms. The molecule has 0 heterocycles. The Balaban J connectivity index is 2.17. The van der Waals surface area contributed by atoms with E-state index < -0.39 is 0 Å². The Bertz CT molecular complexity index is 975. The molecule has 3 aromatic rings. The van der Waals surface area contributed by atoms with Gasteiger partial charge in [0, 0.05) is 11.1 Å². The normalized spacial score (nSPS) is 13.8. The van der Waals surface area contributed by atoms with Gasteiger partial charge in [0.2, 0.25) is 0 Å². The van der Waals surface area contributed by atoms with Gasteiger partial charge in [-0.05, 0) is 66.1 Å². The molecule has 3 heteroatoms. The molecule has 0 saturated carbocycles. The van der Waals surface area contributed by atoms with Gasteiger partial charge in [-0.3, -0.25) is 4.57 Å². The van der Waals surface area contributed by atoms with Crippen LogP contribution in [0.3, 0.4) is 0 Å². The van der Waals surface area contributed by atoms with Crippen LogP contribution < -0.4 is 10.0 Å². The SMILES string of the molecule is COc1ccc2c(c1-c1c(P=O)c(C)cc3ccccc13)CCCC2. The number of hydrogen-bond acceptors (Lipinski definition) is 2. The third-order valence-electron chi connectivity index (χ3n) is 5.27. The Kier molecular flexibility index (Phi) is 4.31. The number of fused-ring (bicyclic) bond motifs is 2. The molecule has 3 aromatic carbocycles. The van der Waals surface area contributed by atoms with Crippen molar-refractivity contribution in [3.63, 3.8) is 0 Å². The molecule has 2 nitrogen and oxygen atoms in total. The number of hydrogen-bond donors (Lipinski definition) is 0. The maximum Gasteiger partial charge on any atom is 0.193 e. The van der Waals surface area contributed by atoms with Crippen LogP contribution in [-0.4, -0.2) is 7.11 Å². The molecule has 0 unspecified atom stereocenters. The molecule has 0 amide bonds. The quantitative estimate of drug-likeness (QED) is 0.574. The number of aryl methyl sites for hydroxylation is 2. The van der Waals surface area contributed by atoms with Crippen molar-refractivity contribution in [3.05, 3.63) is 59.2 Å². The number of ether oxygens (including phenoxy) is 1. The summed E-state index contributed by atoms with van der Waals surface area (Å²) in [4.78, 5) is 0. The molecule has 0 N–H and O–H groups in total. The predicted molar refractivity (Wildman–Crippen MR) is 105 cm³/mol. The Hall–Kier alpha value is -2.18. The summed E-state index contributed by atoms with van der Waals surface area (Å²) in [5.74, 6) is 0.876. The fourth-order valence-electron chi connectivity index (χ4n) is 4.10. The van der Waals surface area contributed by atoms with Crippen molar-refractivity contribution in [3.8, 4) is 16.9 Å². The zero-order chi connectivity index (χ0) is 17.4. The third-order valence-corrected chi connectivity index (χ3v) is 6.03. The molecule has 0 aromatic heterocycles. The molecule has 0 aliphatic heterocycles. The number of rotatable bonds is 3. The van der Waals surface area contributed by atoms with Gasteiger partial charge in [-0.25, -0.2) is 0 Å². The zero-order valence-corrected chi connectivity index (χ0v) is 15.5. The molecule has 1 aliphatic carbocycles. The van der Waals surface area contributed by atoms with E-state index in [4.69, 9.17) is 4.74 Å². The van der Waals surface area contributed by atoms with Gasteiger partial charge in [-0.15, -0.1) is 0 Å². The van der Waals surface area contributed by atoms with Crippen LogP contribution in [0.2, 0.25) is 0 Å². The zero-order valence-electron chi connectivity index (χ0n) is 14.6. The second kappa shape index (κ2) is 6.61. The first-order chi connectivity index (χ1) is 12.2. The number of methoxy groups -OCH3 is 1. The second-order valence-electron chi connectivity index (χ2n) is 6.72. The average molecular weight is 348 g/mol. The lowest BCUT2D eigenvalue weighted by Crippen LogP contribution is -2.11. The molecular weight excluding hydrogens is 327 g/mol. The summed E-state index contributed by atoms with van der Waals surface area (Å²) >= 11 is 0. The minimum atomic E-state index is 0.0590. The average Bonchev–Trinajstić information content (AvgIpc) is 2.66. The molecule has 0 radical (unpaired) electrons. The van der Waals surface area contributed by atoms with Gasteiger partial charge in [-0.1, -0.05) is 36.4 Å². The van der Waals surface area contributed by atoms with E-state index >= 15 is 0 Å². The summed E-state index contributed by atoms with van der Waals surface area (Å²) in [6, 6.07) is 14.7. The van der Waals surface area contributed by atoms with Crippen LogP contribution >= 0.6 is 8.46 Å². The maximum absolute atomic E-state index is 12.1. The van der Waals surface area contributed by atoms with E-state index in [2.05, 4.69) is 42.5 Å². The van der Waals surface area contributed by atoms with Crippen molar-refractivity contribution in [2.24, 2.45) is 0 Å². The molecule has 126 valence electrons. The largest absolute Gasteiger partial charge is 0.496 e. The van der Waals surface area contributed by atoms with Gasteiger partial charge in [0.15, 0.2) is 8.46 Å². The lowest BCUT2D eigenvalue weighted by molar-refractivity contribution is 0.415. The summed E-state index contributed by atoms with van der Waals surface area (Å²) in [6.45, 7) is 2.04.